The Labute approximate surface area is 222 Å². The molecule has 1 N–H and O–H groups in total. The summed E-state index contributed by atoms with van der Waals surface area (Å²) in [5.74, 6) is -3.35. The molecule has 1 saturated carbocycles. The monoisotopic (exact) mass is 526 g/mol. The highest BCUT2D eigenvalue weighted by Crippen LogP contribution is 2.40. The van der Waals surface area contributed by atoms with Crippen molar-refractivity contribution in [2.75, 3.05) is 6.61 Å². The number of hydrogen-bond donors (Lipinski definition) is 1. The molecular weight excluding hydrogens is 492 g/mol. The van der Waals surface area contributed by atoms with E-state index in [1.165, 1.54) is 6.07 Å². The fraction of sp³-hybridized carbons (Fsp3) is 0.375. The van der Waals surface area contributed by atoms with Crippen LogP contribution in [0.2, 0.25) is 0 Å². The number of aliphatic hydroxyl groups is 1. The Morgan fingerprint density at radius 2 is 1.61 bits per heavy atom. The molecule has 0 radical (unpaired) electrons. The van der Waals surface area contributed by atoms with E-state index in [9.17, 15) is 13.9 Å². The van der Waals surface area contributed by atoms with Crippen molar-refractivity contribution in [3.8, 4) is 16.9 Å². The van der Waals surface area contributed by atoms with Gasteiger partial charge in [-0.15, -0.1) is 6.58 Å². The molecule has 38 heavy (non-hydrogen) atoms. The summed E-state index contributed by atoms with van der Waals surface area (Å²) in [6, 6.07) is 13.1. The Hall–Kier alpha value is -3.12. The van der Waals surface area contributed by atoms with Crippen LogP contribution in [-0.4, -0.2) is 11.7 Å². The Morgan fingerprint density at radius 3 is 2.26 bits per heavy atom. The minimum atomic E-state index is -0.963. The van der Waals surface area contributed by atoms with E-state index in [2.05, 4.69) is 6.58 Å². The first-order chi connectivity index (χ1) is 18.3. The fourth-order valence-electron chi connectivity index (χ4n) is 5.29. The maximum absolute atomic E-state index is 15.1. The highest BCUT2D eigenvalue weighted by atomic mass is 19.2. The molecule has 0 heterocycles. The van der Waals surface area contributed by atoms with Crippen molar-refractivity contribution >= 4 is 0 Å². The van der Waals surface area contributed by atoms with Crippen LogP contribution >= 0.6 is 0 Å². The topological polar surface area (TPSA) is 29.5 Å². The number of halogens is 4. The molecule has 1 aliphatic rings. The first-order valence-electron chi connectivity index (χ1n) is 13.3. The lowest BCUT2D eigenvalue weighted by Gasteiger charge is -2.29. The summed E-state index contributed by atoms with van der Waals surface area (Å²) < 4.78 is 64.3. The highest BCUT2D eigenvalue weighted by Gasteiger charge is 2.27. The molecule has 0 aromatic heterocycles. The standard InChI is InChI=1S/C32H34F4O2/c1-3-4-19-38-28-18-15-25(29(33)32(28)36)10-7-21-5-8-23(9-6-21)26-16-17-27(31(35)30(26)34)24-13-11-22(12-14-24)20(2)37/h3,11-18,20-21,23,37H,1,4-10,19H2,2H3. The summed E-state index contributed by atoms with van der Waals surface area (Å²) in [7, 11) is 0. The highest BCUT2D eigenvalue weighted by molar-refractivity contribution is 5.65. The Morgan fingerprint density at radius 1 is 0.895 bits per heavy atom. The molecule has 202 valence electrons. The van der Waals surface area contributed by atoms with Gasteiger partial charge in [-0.25, -0.2) is 13.2 Å². The van der Waals surface area contributed by atoms with Crippen LogP contribution in [0.25, 0.3) is 11.1 Å². The molecule has 1 unspecified atom stereocenters. The molecule has 6 heteroatoms. The first kappa shape index (κ1) is 27.9. The van der Waals surface area contributed by atoms with Crippen LogP contribution in [0.15, 0.2) is 61.2 Å². The van der Waals surface area contributed by atoms with Crippen LogP contribution in [0, 0.1) is 29.2 Å². The summed E-state index contributed by atoms with van der Waals surface area (Å²) in [4.78, 5) is 0. The normalized spacial score (nSPS) is 18.3. The van der Waals surface area contributed by atoms with Crippen LogP contribution in [0.4, 0.5) is 17.6 Å². The largest absolute Gasteiger partial charge is 0.490 e. The molecule has 2 nitrogen and oxygen atoms in total. The summed E-state index contributed by atoms with van der Waals surface area (Å²) in [6.07, 6.45) is 5.77. The molecule has 4 rings (SSSR count). The van der Waals surface area contributed by atoms with Crippen LogP contribution in [-0.2, 0) is 6.42 Å². The molecule has 0 spiro atoms. The third-order valence-electron chi connectivity index (χ3n) is 7.63. The Balaban J connectivity index is 1.34. The average molecular weight is 527 g/mol. The lowest BCUT2D eigenvalue weighted by atomic mass is 9.76. The van der Waals surface area contributed by atoms with Crippen LogP contribution < -0.4 is 4.74 Å². The predicted octanol–water partition coefficient (Wildman–Crippen LogP) is 8.82. The quantitative estimate of drug-likeness (QED) is 0.162. The second-order valence-corrected chi connectivity index (χ2v) is 10.2. The van der Waals surface area contributed by atoms with Gasteiger partial charge in [-0.3, -0.25) is 0 Å². The number of rotatable bonds is 10. The van der Waals surface area contributed by atoms with Crippen LogP contribution in [0.5, 0.6) is 5.75 Å². The maximum atomic E-state index is 15.1. The van der Waals surface area contributed by atoms with E-state index in [0.29, 0.717) is 47.4 Å². The third-order valence-corrected chi connectivity index (χ3v) is 7.63. The van der Waals surface area contributed by atoms with Crippen molar-refractivity contribution in [1.82, 2.24) is 0 Å². The van der Waals surface area contributed by atoms with Crippen molar-refractivity contribution in [2.24, 2.45) is 5.92 Å². The zero-order chi connectivity index (χ0) is 27.2. The Kier molecular flexibility index (Phi) is 9.26. The summed E-state index contributed by atoms with van der Waals surface area (Å²) in [6.45, 7) is 5.47. The van der Waals surface area contributed by atoms with Crippen LogP contribution in [0.3, 0.4) is 0 Å². The van der Waals surface area contributed by atoms with E-state index in [1.54, 1.807) is 55.5 Å². The Bertz CT molecular complexity index is 1250. The van der Waals surface area contributed by atoms with E-state index in [1.807, 2.05) is 0 Å². The second kappa shape index (κ2) is 12.6. The average Bonchev–Trinajstić information content (AvgIpc) is 2.92. The van der Waals surface area contributed by atoms with Gasteiger partial charge in [0.1, 0.15) is 0 Å². The van der Waals surface area contributed by atoms with Gasteiger partial charge in [0.2, 0.25) is 5.82 Å². The molecule has 0 bridgehead atoms. The molecular formula is C32H34F4O2. The number of aryl methyl sites for hydroxylation is 1. The van der Waals surface area contributed by atoms with Crippen molar-refractivity contribution in [3.05, 3.63) is 101 Å². The molecule has 0 aliphatic heterocycles. The minimum absolute atomic E-state index is 0.0754. The van der Waals surface area contributed by atoms with E-state index in [0.717, 1.165) is 25.7 Å². The molecule has 3 aromatic rings. The van der Waals surface area contributed by atoms with Crippen molar-refractivity contribution < 1.29 is 27.4 Å². The summed E-state index contributed by atoms with van der Waals surface area (Å²) in [5, 5.41) is 9.67. The fourth-order valence-corrected chi connectivity index (χ4v) is 5.29. The molecule has 3 aromatic carbocycles. The van der Waals surface area contributed by atoms with Crippen molar-refractivity contribution in [1.29, 1.82) is 0 Å². The summed E-state index contributed by atoms with van der Waals surface area (Å²) in [5.41, 5.74) is 2.18. The van der Waals surface area contributed by atoms with Gasteiger partial charge in [0.25, 0.3) is 0 Å². The predicted molar refractivity (Wildman–Crippen MR) is 142 cm³/mol. The third kappa shape index (κ3) is 6.29. The minimum Gasteiger partial charge on any atom is -0.490 e. The number of benzene rings is 3. The second-order valence-electron chi connectivity index (χ2n) is 10.2. The van der Waals surface area contributed by atoms with Crippen molar-refractivity contribution in [2.45, 2.75) is 63.9 Å². The van der Waals surface area contributed by atoms with Gasteiger partial charge in [0, 0.05) is 5.56 Å². The number of aliphatic hydroxyl groups excluding tert-OH is 1. The first-order valence-corrected chi connectivity index (χ1v) is 13.3. The van der Waals surface area contributed by atoms with Gasteiger partial charge in [-0.05, 0) is 92.0 Å². The maximum Gasteiger partial charge on any atom is 0.200 e. The van der Waals surface area contributed by atoms with E-state index >= 15 is 8.78 Å². The van der Waals surface area contributed by atoms with E-state index < -0.39 is 29.4 Å². The van der Waals surface area contributed by atoms with E-state index in [-0.39, 0.29) is 23.8 Å². The van der Waals surface area contributed by atoms with Gasteiger partial charge in [-0.1, -0.05) is 48.5 Å². The molecule has 1 aliphatic carbocycles. The number of ether oxygens (including phenoxy) is 1. The number of hydrogen-bond acceptors (Lipinski definition) is 2. The molecule has 1 atom stereocenters. The molecule has 0 amide bonds. The summed E-state index contributed by atoms with van der Waals surface area (Å²) >= 11 is 0. The SMILES string of the molecule is C=CCCOc1ccc(CCC2CCC(c3ccc(-c4ccc(C(C)O)cc4)c(F)c3F)CC2)c(F)c1F. The van der Waals surface area contributed by atoms with Crippen molar-refractivity contribution in [3.63, 3.8) is 0 Å². The van der Waals surface area contributed by atoms with Gasteiger partial charge < -0.3 is 9.84 Å². The van der Waals surface area contributed by atoms with Gasteiger partial charge >= 0.3 is 0 Å². The van der Waals surface area contributed by atoms with E-state index in [4.69, 9.17) is 4.74 Å². The smallest absolute Gasteiger partial charge is 0.200 e. The lowest BCUT2D eigenvalue weighted by Crippen LogP contribution is -2.16. The molecule has 0 saturated heterocycles. The zero-order valence-corrected chi connectivity index (χ0v) is 21.7. The van der Waals surface area contributed by atoms with Gasteiger partial charge in [-0.2, -0.15) is 4.39 Å². The zero-order valence-electron chi connectivity index (χ0n) is 21.7. The van der Waals surface area contributed by atoms with Gasteiger partial charge in [0.05, 0.1) is 12.7 Å². The lowest BCUT2D eigenvalue weighted by molar-refractivity contribution is 0.199. The van der Waals surface area contributed by atoms with Crippen LogP contribution in [0.1, 0.15) is 74.2 Å². The van der Waals surface area contributed by atoms with Gasteiger partial charge in [0.15, 0.2) is 23.2 Å². The molecule has 1 fully saturated rings.